The van der Waals surface area contributed by atoms with Crippen molar-refractivity contribution in [1.29, 1.82) is 0 Å². The van der Waals surface area contributed by atoms with Crippen LogP contribution in [-0.2, 0) is 19.6 Å². The summed E-state index contributed by atoms with van der Waals surface area (Å²) in [6, 6.07) is 7.05. The van der Waals surface area contributed by atoms with E-state index >= 15 is 0 Å². The van der Waals surface area contributed by atoms with Gasteiger partial charge in [-0.25, -0.2) is 0 Å². The van der Waals surface area contributed by atoms with E-state index in [0.29, 0.717) is 37.6 Å². The fourth-order valence-corrected chi connectivity index (χ4v) is 7.10. The van der Waals surface area contributed by atoms with Crippen molar-refractivity contribution in [3.8, 4) is 0 Å². The summed E-state index contributed by atoms with van der Waals surface area (Å²) >= 11 is 0. The van der Waals surface area contributed by atoms with Crippen LogP contribution in [0.15, 0.2) is 33.6 Å². The van der Waals surface area contributed by atoms with Crippen LogP contribution in [0.5, 0.6) is 0 Å². The molecular formula is C25H34N4O4S. The lowest BCUT2D eigenvalue weighted by Gasteiger charge is -2.38. The number of nitrogens with one attached hydrogen (secondary N) is 1. The van der Waals surface area contributed by atoms with E-state index in [0.717, 1.165) is 51.4 Å². The van der Waals surface area contributed by atoms with E-state index in [2.05, 4.69) is 9.71 Å². The Bertz CT molecular complexity index is 1070. The Hall–Kier alpha value is -2.42. The molecule has 4 aliphatic rings. The second-order valence-electron chi connectivity index (χ2n) is 10.1. The van der Waals surface area contributed by atoms with E-state index in [1.165, 1.54) is 6.42 Å². The molecule has 0 bridgehead atoms. The maximum absolute atomic E-state index is 13.3. The lowest BCUT2D eigenvalue weighted by molar-refractivity contribution is -0.138. The van der Waals surface area contributed by atoms with Crippen LogP contribution in [-0.4, -0.2) is 68.1 Å². The molecule has 3 aliphatic heterocycles. The molecule has 2 saturated heterocycles. The van der Waals surface area contributed by atoms with Crippen LogP contribution in [0.3, 0.4) is 0 Å². The van der Waals surface area contributed by atoms with Crippen LogP contribution in [0.4, 0.5) is 0 Å². The summed E-state index contributed by atoms with van der Waals surface area (Å²) in [4.78, 5) is 30.0. The van der Waals surface area contributed by atoms with Crippen molar-refractivity contribution in [1.82, 2.24) is 15.1 Å². The number of rotatable bonds is 3. The lowest BCUT2D eigenvalue weighted by atomic mass is 9.88. The zero-order valence-electron chi connectivity index (χ0n) is 19.6. The quantitative estimate of drug-likeness (QED) is 0.708. The average Bonchev–Trinajstić information content (AvgIpc) is 3.15. The highest BCUT2D eigenvalue weighted by Crippen LogP contribution is 2.30. The number of amides is 2. The molecule has 1 atom stereocenters. The summed E-state index contributed by atoms with van der Waals surface area (Å²) in [6.07, 6.45) is 8.73. The number of benzene rings is 1. The molecule has 0 aromatic heterocycles. The smallest absolute Gasteiger partial charge is 0.285 e. The van der Waals surface area contributed by atoms with Gasteiger partial charge in [0.15, 0.2) is 5.84 Å². The maximum Gasteiger partial charge on any atom is 0.285 e. The van der Waals surface area contributed by atoms with Gasteiger partial charge < -0.3 is 15.1 Å². The predicted octanol–water partition coefficient (Wildman–Crippen LogP) is 2.54. The normalized spacial score (nSPS) is 25.5. The van der Waals surface area contributed by atoms with Gasteiger partial charge >= 0.3 is 0 Å². The van der Waals surface area contributed by atoms with E-state index in [1.54, 1.807) is 18.2 Å². The third-order valence-electron chi connectivity index (χ3n) is 7.81. The van der Waals surface area contributed by atoms with Gasteiger partial charge in [0.2, 0.25) is 11.8 Å². The van der Waals surface area contributed by atoms with Gasteiger partial charge in [0, 0.05) is 43.7 Å². The summed E-state index contributed by atoms with van der Waals surface area (Å²) in [5, 5.41) is 3.23. The molecule has 0 radical (unpaired) electrons. The Labute approximate surface area is 201 Å². The summed E-state index contributed by atoms with van der Waals surface area (Å²) in [6.45, 7) is 2.49. The number of sulfonamides is 1. The first-order valence-corrected chi connectivity index (χ1v) is 14.1. The first kappa shape index (κ1) is 23.3. The van der Waals surface area contributed by atoms with Crippen molar-refractivity contribution in [3.63, 3.8) is 0 Å². The number of carbonyl (C=O) groups is 2. The van der Waals surface area contributed by atoms with E-state index in [1.807, 2.05) is 15.9 Å². The van der Waals surface area contributed by atoms with Gasteiger partial charge in [-0.05, 0) is 50.7 Å². The molecule has 9 heteroatoms. The van der Waals surface area contributed by atoms with E-state index in [4.69, 9.17) is 0 Å². The molecule has 1 aromatic rings. The fraction of sp³-hybridized carbons (Fsp3) is 0.640. The van der Waals surface area contributed by atoms with Crippen molar-refractivity contribution in [2.45, 2.75) is 68.7 Å². The zero-order valence-corrected chi connectivity index (χ0v) is 20.4. The zero-order chi connectivity index (χ0) is 23.7. The molecule has 1 N–H and O–H groups in total. The molecule has 8 nitrogen and oxygen atoms in total. The van der Waals surface area contributed by atoms with Crippen molar-refractivity contribution in [2.24, 2.45) is 16.2 Å². The average molecular weight is 487 g/mol. The molecule has 2 amide bonds. The topological polar surface area (TPSA) is 99.2 Å². The molecule has 0 spiro atoms. The van der Waals surface area contributed by atoms with Gasteiger partial charge in [0.1, 0.15) is 4.90 Å². The SMILES string of the molecule is O=C(NC1CCN(C(=O)C2CCCN(C3=NS(=O)(=O)c4ccccc43)C2)CC1)C1CCCCC1. The summed E-state index contributed by atoms with van der Waals surface area (Å²) < 4.78 is 29.0. The number of hydrogen-bond acceptors (Lipinski definition) is 5. The number of carbonyl (C=O) groups excluding carboxylic acids is 2. The molecule has 1 aromatic carbocycles. The van der Waals surface area contributed by atoms with Gasteiger partial charge in [-0.2, -0.15) is 8.42 Å². The van der Waals surface area contributed by atoms with E-state index in [9.17, 15) is 18.0 Å². The van der Waals surface area contributed by atoms with Crippen molar-refractivity contribution in [3.05, 3.63) is 29.8 Å². The van der Waals surface area contributed by atoms with Gasteiger partial charge in [-0.3, -0.25) is 9.59 Å². The van der Waals surface area contributed by atoms with Crippen LogP contribution in [0, 0.1) is 11.8 Å². The first-order valence-electron chi connectivity index (χ1n) is 12.7. The minimum absolute atomic E-state index is 0.136. The molecule has 184 valence electrons. The number of piperidine rings is 2. The second kappa shape index (κ2) is 9.68. The highest BCUT2D eigenvalue weighted by Gasteiger charge is 2.37. The molecule has 5 rings (SSSR count). The fourth-order valence-electron chi connectivity index (χ4n) is 5.87. The summed E-state index contributed by atoms with van der Waals surface area (Å²) in [5.41, 5.74) is 0.630. The second-order valence-corrected chi connectivity index (χ2v) is 11.7. The standard InChI is InChI=1S/C25H34N4O4S/c30-24(18-7-2-1-3-8-18)26-20-12-15-28(16-13-20)25(31)19-9-6-14-29(17-19)23-21-10-4-5-11-22(21)34(32,33)27-23/h4-5,10-11,18-20H,1-3,6-9,12-17H2,(H,26,30). The monoisotopic (exact) mass is 486 g/mol. The summed E-state index contributed by atoms with van der Waals surface area (Å²) in [5.74, 6) is 0.795. The molecule has 34 heavy (non-hydrogen) atoms. The maximum atomic E-state index is 13.3. The predicted molar refractivity (Wildman–Crippen MR) is 129 cm³/mol. The minimum Gasteiger partial charge on any atom is -0.355 e. The Morgan fingerprint density at radius 1 is 0.882 bits per heavy atom. The van der Waals surface area contributed by atoms with Crippen LogP contribution >= 0.6 is 0 Å². The van der Waals surface area contributed by atoms with Gasteiger partial charge in [-0.1, -0.05) is 31.4 Å². The van der Waals surface area contributed by atoms with Crippen LogP contribution in [0.2, 0.25) is 0 Å². The number of nitrogens with zero attached hydrogens (tertiary/aromatic N) is 3. The number of amidine groups is 1. The molecule has 3 fully saturated rings. The van der Waals surface area contributed by atoms with Crippen molar-refractivity contribution >= 4 is 27.7 Å². The van der Waals surface area contributed by atoms with Crippen molar-refractivity contribution in [2.75, 3.05) is 26.2 Å². The Kier molecular flexibility index (Phi) is 6.64. The Morgan fingerprint density at radius 2 is 1.59 bits per heavy atom. The summed E-state index contributed by atoms with van der Waals surface area (Å²) in [7, 11) is -3.67. The third kappa shape index (κ3) is 4.72. The Morgan fingerprint density at radius 3 is 2.35 bits per heavy atom. The molecular weight excluding hydrogens is 452 g/mol. The van der Waals surface area contributed by atoms with Gasteiger partial charge in [0.25, 0.3) is 10.0 Å². The van der Waals surface area contributed by atoms with Crippen LogP contribution in [0.25, 0.3) is 0 Å². The van der Waals surface area contributed by atoms with Gasteiger partial charge in [0.05, 0.1) is 5.92 Å². The van der Waals surface area contributed by atoms with E-state index in [-0.39, 0.29) is 34.6 Å². The Balaban J connectivity index is 1.17. The number of fused-ring (bicyclic) bond motifs is 1. The highest BCUT2D eigenvalue weighted by molar-refractivity contribution is 7.90. The number of hydrogen-bond donors (Lipinski definition) is 1. The third-order valence-corrected chi connectivity index (χ3v) is 9.14. The minimum atomic E-state index is -3.67. The molecule has 3 heterocycles. The molecule has 1 unspecified atom stereocenters. The molecule has 1 saturated carbocycles. The largest absolute Gasteiger partial charge is 0.355 e. The molecule has 1 aliphatic carbocycles. The van der Waals surface area contributed by atoms with Crippen molar-refractivity contribution < 1.29 is 18.0 Å². The lowest BCUT2D eigenvalue weighted by Crippen LogP contribution is -2.51. The van der Waals surface area contributed by atoms with Crippen LogP contribution < -0.4 is 5.32 Å². The van der Waals surface area contributed by atoms with Gasteiger partial charge in [-0.15, -0.1) is 4.40 Å². The highest BCUT2D eigenvalue weighted by atomic mass is 32.2. The van der Waals surface area contributed by atoms with E-state index < -0.39 is 10.0 Å². The first-order chi connectivity index (χ1) is 16.4. The number of likely N-dealkylation sites (tertiary alicyclic amines) is 2. The van der Waals surface area contributed by atoms with Crippen LogP contribution in [0.1, 0.15) is 63.4 Å².